The Hall–Kier alpha value is -3.25. The Bertz CT molecular complexity index is 1140. The van der Waals surface area contributed by atoms with Gasteiger partial charge in [-0.15, -0.1) is 0 Å². The lowest BCUT2D eigenvalue weighted by Crippen LogP contribution is -2.23. The highest BCUT2D eigenvalue weighted by molar-refractivity contribution is 6.31. The van der Waals surface area contributed by atoms with Crippen LogP contribution in [0.2, 0.25) is 5.02 Å². The van der Waals surface area contributed by atoms with Crippen LogP contribution in [0.15, 0.2) is 48.5 Å². The van der Waals surface area contributed by atoms with Gasteiger partial charge in [-0.1, -0.05) is 29.8 Å². The first-order valence-corrected chi connectivity index (χ1v) is 11.3. The lowest BCUT2D eigenvalue weighted by molar-refractivity contribution is -0.116. The second-order valence-electron chi connectivity index (χ2n) is 7.86. The van der Waals surface area contributed by atoms with Crippen molar-refractivity contribution in [2.24, 2.45) is 0 Å². The maximum Gasteiger partial charge on any atom is 0.244 e. The fourth-order valence-corrected chi connectivity index (χ4v) is 3.58. The summed E-state index contributed by atoms with van der Waals surface area (Å²) in [5.41, 5.74) is 4.71. The molecule has 33 heavy (non-hydrogen) atoms. The molecular weight excluding hydrogens is 438 g/mol. The molecule has 1 amide bonds. The van der Waals surface area contributed by atoms with E-state index in [9.17, 15) is 4.79 Å². The van der Waals surface area contributed by atoms with Crippen LogP contribution < -0.4 is 14.8 Å². The summed E-state index contributed by atoms with van der Waals surface area (Å²) in [6, 6.07) is 13.7. The number of ether oxygens (including phenoxy) is 2. The molecule has 1 heterocycles. The molecular formula is C26H30ClN3O3. The van der Waals surface area contributed by atoms with E-state index >= 15 is 0 Å². The topological polar surface area (TPSA) is 65.4 Å². The monoisotopic (exact) mass is 467 g/mol. The van der Waals surface area contributed by atoms with Crippen LogP contribution in [0.1, 0.15) is 34.5 Å². The molecule has 0 saturated heterocycles. The minimum Gasteiger partial charge on any atom is -0.496 e. The molecule has 1 N–H and O–H groups in total. The van der Waals surface area contributed by atoms with Crippen LogP contribution in [0, 0.1) is 20.8 Å². The molecule has 174 valence electrons. The number of hydrogen-bond donors (Lipinski definition) is 1. The number of methoxy groups -OCH3 is 1. The molecule has 7 heteroatoms. The van der Waals surface area contributed by atoms with Gasteiger partial charge in [-0.2, -0.15) is 5.10 Å². The summed E-state index contributed by atoms with van der Waals surface area (Å²) in [5, 5.41) is 8.00. The normalized spacial score (nSPS) is 11.1. The fraction of sp³-hybridized carbons (Fsp3) is 0.308. The number of nitrogens with one attached hydrogen (secondary N) is 1. The van der Waals surface area contributed by atoms with Crippen molar-refractivity contribution in [3.05, 3.63) is 81.6 Å². The van der Waals surface area contributed by atoms with E-state index in [-0.39, 0.29) is 5.91 Å². The number of aromatic nitrogens is 2. The number of hydrogen-bond acceptors (Lipinski definition) is 4. The Labute approximate surface area is 200 Å². The van der Waals surface area contributed by atoms with E-state index in [4.69, 9.17) is 21.1 Å². The van der Waals surface area contributed by atoms with Crippen LogP contribution in [0.4, 0.5) is 0 Å². The summed E-state index contributed by atoms with van der Waals surface area (Å²) in [4.78, 5) is 12.2. The van der Waals surface area contributed by atoms with Crippen molar-refractivity contribution in [2.75, 3.05) is 13.7 Å². The zero-order valence-electron chi connectivity index (χ0n) is 19.5. The molecule has 3 aromatic rings. The average molecular weight is 468 g/mol. The molecule has 0 fully saturated rings. The van der Waals surface area contributed by atoms with Gasteiger partial charge in [0, 0.05) is 24.7 Å². The van der Waals surface area contributed by atoms with Crippen LogP contribution in [-0.2, 0) is 17.9 Å². The van der Waals surface area contributed by atoms with Gasteiger partial charge in [0.1, 0.15) is 18.1 Å². The van der Waals surface area contributed by atoms with Gasteiger partial charge in [0.25, 0.3) is 0 Å². The molecule has 1 aromatic heterocycles. The highest BCUT2D eigenvalue weighted by Crippen LogP contribution is 2.23. The zero-order chi connectivity index (χ0) is 23.8. The Morgan fingerprint density at radius 1 is 1.18 bits per heavy atom. The number of carbonyl (C=O) groups is 1. The van der Waals surface area contributed by atoms with Gasteiger partial charge in [0.2, 0.25) is 5.91 Å². The van der Waals surface area contributed by atoms with Crippen LogP contribution >= 0.6 is 11.6 Å². The standard InChI is InChI=1S/C26H30ClN3O3/c1-18-7-5-8-23(15-18)33-17-22-16-21(9-11-24(22)32-4)10-12-25(31)28-13-6-14-30-20(3)26(27)19(2)29-30/h5,7-12,15-16H,6,13-14,17H2,1-4H3,(H,28,31)/b12-10+. The van der Waals surface area contributed by atoms with Crippen molar-refractivity contribution in [1.29, 1.82) is 0 Å². The van der Waals surface area contributed by atoms with Crippen molar-refractivity contribution in [3.8, 4) is 11.5 Å². The molecule has 2 aromatic carbocycles. The number of aryl methyl sites for hydroxylation is 3. The second-order valence-corrected chi connectivity index (χ2v) is 8.24. The summed E-state index contributed by atoms with van der Waals surface area (Å²) in [6.07, 6.45) is 4.08. The first kappa shape index (κ1) is 24.4. The molecule has 0 radical (unpaired) electrons. The summed E-state index contributed by atoms with van der Waals surface area (Å²) in [6.45, 7) is 7.48. The van der Waals surface area contributed by atoms with E-state index < -0.39 is 0 Å². The number of carbonyl (C=O) groups excluding carboxylic acids is 1. The third kappa shape index (κ3) is 6.86. The summed E-state index contributed by atoms with van der Waals surface area (Å²) in [7, 11) is 1.63. The average Bonchev–Trinajstić information content (AvgIpc) is 3.05. The molecule has 0 aliphatic heterocycles. The maximum atomic E-state index is 12.2. The van der Waals surface area contributed by atoms with E-state index in [0.717, 1.165) is 46.0 Å². The van der Waals surface area contributed by atoms with Gasteiger partial charge in [-0.3, -0.25) is 9.48 Å². The number of benzene rings is 2. The molecule has 0 bridgehead atoms. The summed E-state index contributed by atoms with van der Waals surface area (Å²) in [5.74, 6) is 1.41. The molecule has 0 atom stereocenters. The Morgan fingerprint density at radius 2 is 2.00 bits per heavy atom. The van der Waals surface area contributed by atoms with Gasteiger partial charge < -0.3 is 14.8 Å². The van der Waals surface area contributed by atoms with Crippen molar-refractivity contribution < 1.29 is 14.3 Å². The third-order valence-electron chi connectivity index (χ3n) is 5.25. The van der Waals surface area contributed by atoms with Gasteiger partial charge in [-0.25, -0.2) is 0 Å². The minimum atomic E-state index is -0.144. The number of amides is 1. The molecule has 0 spiro atoms. The molecule has 3 rings (SSSR count). The number of rotatable bonds is 10. The first-order valence-electron chi connectivity index (χ1n) is 10.9. The van der Waals surface area contributed by atoms with Gasteiger partial charge in [-0.05, 0) is 68.7 Å². The molecule has 0 saturated carbocycles. The van der Waals surface area contributed by atoms with Gasteiger partial charge >= 0.3 is 0 Å². The van der Waals surface area contributed by atoms with Crippen molar-refractivity contribution >= 4 is 23.6 Å². The maximum absolute atomic E-state index is 12.2. The van der Waals surface area contributed by atoms with E-state index in [1.165, 1.54) is 6.08 Å². The summed E-state index contributed by atoms with van der Waals surface area (Å²) < 4.78 is 13.2. The molecule has 6 nitrogen and oxygen atoms in total. The fourth-order valence-electron chi connectivity index (χ4n) is 3.45. The Balaban J connectivity index is 1.52. The van der Waals surface area contributed by atoms with E-state index in [1.54, 1.807) is 13.2 Å². The Kier molecular flexibility index (Phi) is 8.55. The third-order valence-corrected chi connectivity index (χ3v) is 5.80. The predicted molar refractivity (Wildman–Crippen MR) is 132 cm³/mol. The van der Waals surface area contributed by atoms with Crippen LogP contribution in [0.3, 0.4) is 0 Å². The zero-order valence-corrected chi connectivity index (χ0v) is 20.3. The second kappa shape index (κ2) is 11.6. The smallest absolute Gasteiger partial charge is 0.244 e. The van der Waals surface area contributed by atoms with E-state index in [0.29, 0.717) is 24.7 Å². The van der Waals surface area contributed by atoms with Crippen LogP contribution in [0.25, 0.3) is 6.08 Å². The van der Waals surface area contributed by atoms with Crippen LogP contribution in [-0.4, -0.2) is 29.3 Å². The SMILES string of the molecule is COc1ccc(/C=C/C(=O)NCCCn2nc(C)c(Cl)c2C)cc1COc1cccc(C)c1. The summed E-state index contributed by atoms with van der Waals surface area (Å²) >= 11 is 6.17. The quantitative estimate of drug-likeness (QED) is 0.326. The van der Waals surface area contributed by atoms with E-state index in [2.05, 4.69) is 10.4 Å². The lowest BCUT2D eigenvalue weighted by Gasteiger charge is -2.11. The number of nitrogens with zero attached hydrogens (tertiary/aromatic N) is 2. The largest absolute Gasteiger partial charge is 0.496 e. The molecule has 0 aliphatic carbocycles. The highest BCUT2D eigenvalue weighted by atomic mass is 35.5. The van der Waals surface area contributed by atoms with Gasteiger partial charge in [0.15, 0.2) is 0 Å². The molecule has 0 unspecified atom stereocenters. The van der Waals surface area contributed by atoms with E-state index in [1.807, 2.05) is 67.9 Å². The first-order chi connectivity index (χ1) is 15.9. The van der Waals surface area contributed by atoms with Crippen LogP contribution in [0.5, 0.6) is 11.5 Å². The number of halogens is 1. The minimum absolute atomic E-state index is 0.144. The van der Waals surface area contributed by atoms with Crippen molar-refractivity contribution in [1.82, 2.24) is 15.1 Å². The Morgan fingerprint density at radius 3 is 2.70 bits per heavy atom. The highest BCUT2D eigenvalue weighted by Gasteiger charge is 2.09. The van der Waals surface area contributed by atoms with Crippen molar-refractivity contribution in [2.45, 2.75) is 40.3 Å². The lowest BCUT2D eigenvalue weighted by atomic mass is 10.1. The van der Waals surface area contributed by atoms with Crippen molar-refractivity contribution in [3.63, 3.8) is 0 Å². The predicted octanol–water partition coefficient (Wildman–Crippen LogP) is 5.27. The molecule has 0 aliphatic rings. The van der Waals surface area contributed by atoms with Gasteiger partial charge in [0.05, 0.1) is 23.5 Å².